The van der Waals surface area contributed by atoms with Crippen LogP contribution >= 0.6 is 0 Å². The molecule has 0 aromatic rings. The second kappa shape index (κ2) is 4.42. The minimum Gasteiger partial charge on any atom is -0.317 e. The van der Waals surface area contributed by atoms with Gasteiger partial charge >= 0.3 is 0 Å². The van der Waals surface area contributed by atoms with Crippen molar-refractivity contribution in [3.8, 4) is 0 Å². The van der Waals surface area contributed by atoms with Crippen molar-refractivity contribution >= 4 is 15.9 Å². The number of hydrogen-bond acceptors (Lipinski definition) is 4. The second-order valence-electron chi connectivity index (χ2n) is 4.88. The van der Waals surface area contributed by atoms with Gasteiger partial charge in [-0.25, -0.2) is 8.42 Å². The topological polar surface area (TPSA) is 89.3 Å². The monoisotopic (exact) mass is 258 g/mol. The van der Waals surface area contributed by atoms with E-state index in [0.29, 0.717) is 12.8 Å². The molecule has 1 fully saturated rings. The summed E-state index contributed by atoms with van der Waals surface area (Å²) in [4.78, 5) is 11.8. The number of fused-ring (bicyclic) bond motifs is 1. The van der Waals surface area contributed by atoms with E-state index in [4.69, 9.17) is 5.73 Å². The number of hydrogen-bond donors (Lipinski definition) is 2. The van der Waals surface area contributed by atoms with Crippen molar-refractivity contribution in [3.63, 3.8) is 0 Å². The van der Waals surface area contributed by atoms with Crippen LogP contribution in [-0.4, -0.2) is 25.6 Å². The van der Waals surface area contributed by atoms with Gasteiger partial charge in [0.15, 0.2) is 0 Å². The Balaban J connectivity index is 2.13. The fourth-order valence-electron chi connectivity index (χ4n) is 2.08. The van der Waals surface area contributed by atoms with Crippen LogP contribution in [0.5, 0.6) is 0 Å². The molecule has 1 heterocycles. The quantitative estimate of drug-likeness (QED) is 0.611. The Hall–Kier alpha value is -0.880. The summed E-state index contributed by atoms with van der Waals surface area (Å²) in [5, 5.41) is 0. The van der Waals surface area contributed by atoms with E-state index in [1.165, 1.54) is 0 Å². The first-order valence-corrected chi connectivity index (χ1v) is 7.60. The van der Waals surface area contributed by atoms with E-state index >= 15 is 0 Å². The van der Waals surface area contributed by atoms with Crippen LogP contribution in [0.1, 0.15) is 32.1 Å². The predicted molar refractivity (Wildman–Crippen MR) is 64.6 cm³/mol. The standard InChI is InChI=1S/C11H18N2O3S/c12-11-8-9(11)6-4-2-1-3-5-7-17(15,16)13-10(11)14/h4,6,9H,1-3,5,7-8,12H2,(H,13,14)/b6-4-/t9-,11-/m1/s1. The van der Waals surface area contributed by atoms with Gasteiger partial charge in [-0.15, -0.1) is 0 Å². The molecule has 6 heteroatoms. The van der Waals surface area contributed by atoms with E-state index in [0.717, 1.165) is 19.3 Å². The molecule has 0 spiro atoms. The van der Waals surface area contributed by atoms with Crippen LogP contribution in [0.2, 0.25) is 0 Å². The Kier molecular flexibility index (Phi) is 3.27. The van der Waals surface area contributed by atoms with Gasteiger partial charge in [0.1, 0.15) is 5.54 Å². The van der Waals surface area contributed by atoms with Crippen LogP contribution in [0.15, 0.2) is 12.2 Å². The first-order chi connectivity index (χ1) is 7.94. The molecule has 3 N–H and O–H groups in total. The van der Waals surface area contributed by atoms with Gasteiger partial charge < -0.3 is 5.73 Å². The molecule has 0 unspecified atom stereocenters. The fourth-order valence-corrected chi connectivity index (χ4v) is 3.24. The second-order valence-corrected chi connectivity index (χ2v) is 6.72. The maximum absolute atomic E-state index is 11.8. The smallest absolute Gasteiger partial charge is 0.254 e. The summed E-state index contributed by atoms with van der Waals surface area (Å²) >= 11 is 0. The molecule has 2 aliphatic rings. The molecule has 0 saturated heterocycles. The molecular formula is C11H18N2O3S. The number of rotatable bonds is 0. The third kappa shape index (κ3) is 2.87. The maximum atomic E-state index is 11.8. The van der Waals surface area contributed by atoms with Gasteiger partial charge in [-0.3, -0.25) is 9.52 Å². The number of amides is 1. The van der Waals surface area contributed by atoms with Gasteiger partial charge in [0.25, 0.3) is 5.91 Å². The minimum atomic E-state index is -3.51. The lowest BCUT2D eigenvalue weighted by Gasteiger charge is -2.12. The van der Waals surface area contributed by atoms with Crippen molar-refractivity contribution in [2.24, 2.45) is 11.7 Å². The summed E-state index contributed by atoms with van der Waals surface area (Å²) in [6.07, 6.45) is 7.86. The predicted octanol–water partition coefficient (Wildman–Crippen LogP) is 0.280. The number of carbonyl (C=O) groups excluding carboxylic acids is 1. The van der Waals surface area contributed by atoms with E-state index in [1.807, 2.05) is 12.2 Å². The van der Waals surface area contributed by atoms with Crippen LogP contribution in [0.25, 0.3) is 0 Å². The molecule has 0 aromatic heterocycles. The third-order valence-corrected chi connectivity index (χ3v) is 4.70. The number of sulfonamides is 1. The molecule has 1 aliphatic carbocycles. The molecule has 17 heavy (non-hydrogen) atoms. The van der Waals surface area contributed by atoms with E-state index in [2.05, 4.69) is 4.72 Å². The summed E-state index contributed by atoms with van der Waals surface area (Å²) in [5.41, 5.74) is 4.86. The van der Waals surface area contributed by atoms with Gasteiger partial charge in [-0.05, 0) is 25.7 Å². The van der Waals surface area contributed by atoms with Crippen molar-refractivity contribution < 1.29 is 13.2 Å². The minimum absolute atomic E-state index is 0.00318. The zero-order chi connectivity index (χ0) is 12.5. The zero-order valence-corrected chi connectivity index (χ0v) is 10.5. The Morgan fingerprint density at radius 1 is 1.35 bits per heavy atom. The molecule has 2 atom stereocenters. The summed E-state index contributed by atoms with van der Waals surface area (Å²) in [5.74, 6) is -0.576. The average molecular weight is 258 g/mol. The molecule has 2 rings (SSSR count). The van der Waals surface area contributed by atoms with Gasteiger partial charge in [0.2, 0.25) is 10.0 Å². The van der Waals surface area contributed by atoms with Crippen molar-refractivity contribution in [3.05, 3.63) is 12.2 Å². The first-order valence-electron chi connectivity index (χ1n) is 5.94. The van der Waals surface area contributed by atoms with E-state index in [9.17, 15) is 13.2 Å². The van der Waals surface area contributed by atoms with Gasteiger partial charge in [-0.1, -0.05) is 18.6 Å². The largest absolute Gasteiger partial charge is 0.317 e. The summed E-state index contributed by atoms with van der Waals surface area (Å²) in [7, 11) is -3.51. The molecule has 0 radical (unpaired) electrons. The van der Waals surface area contributed by atoms with Crippen LogP contribution < -0.4 is 10.5 Å². The highest BCUT2D eigenvalue weighted by Gasteiger charge is 2.56. The zero-order valence-electron chi connectivity index (χ0n) is 9.69. The highest BCUT2D eigenvalue weighted by molar-refractivity contribution is 7.90. The fraction of sp³-hybridized carbons (Fsp3) is 0.727. The van der Waals surface area contributed by atoms with Crippen LogP contribution in [0.4, 0.5) is 0 Å². The first kappa shape index (κ1) is 12.6. The molecule has 96 valence electrons. The Morgan fingerprint density at radius 2 is 2.12 bits per heavy atom. The summed E-state index contributed by atoms with van der Waals surface area (Å²) < 4.78 is 25.3. The van der Waals surface area contributed by atoms with Gasteiger partial charge in [0, 0.05) is 5.92 Å². The molecule has 1 amide bonds. The summed E-state index contributed by atoms with van der Waals surface area (Å²) in [6.45, 7) is 0. The lowest BCUT2D eigenvalue weighted by atomic mass is 10.1. The van der Waals surface area contributed by atoms with Crippen LogP contribution in [-0.2, 0) is 14.8 Å². The van der Waals surface area contributed by atoms with E-state index in [1.54, 1.807) is 0 Å². The normalized spacial score (nSPS) is 39.1. The SMILES string of the molecule is N[C@]12C[C@H]1/C=C\CCCCCS(=O)(=O)NC2=O. The Labute approximate surface area is 101 Å². The number of carbonyl (C=O) groups is 1. The van der Waals surface area contributed by atoms with Crippen LogP contribution in [0, 0.1) is 5.92 Å². The lowest BCUT2D eigenvalue weighted by Crippen LogP contribution is -2.47. The lowest BCUT2D eigenvalue weighted by molar-refractivity contribution is -0.121. The molecular weight excluding hydrogens is 240 g/mol. The van der Waals surface area contributed by atoms with Gasteiger partial charge in [-0.2, -0.15) is 0 Å². The number of allylic oxidation sites excluding steroid dienone is 1. The average Bonchev–Trinajstić information content (AvgIpc) is 2.88. The molecule has 0 aromatic carbocycles. The van der Waals surface area contributed by atoms with Crippen LogP contribution in [0.3, 0.4) is 0 Å². The van der Waals surface area contributed by atoms with E-state index in [-0.39, 0.29) is 11.7 Å². The van der Waals surface area contributed by atoms with E-state index < -0.39 is 21.5 Å². The number of nitrogens with one attached hydrogen (secondary N) is 1. The third-order valence-electron chi connectivity index (χ3n) is 3.38. The highest BCUT2D eigenvalue weighted by Crippen LogP contribution is 2.42. The van der Waals surface area contributed by atoms with Crippen molar-refractivity contribution in [2.75, 3.05) is 5.75 Å². The maximum Gasteiger partial charge on any atom is 0.254 e. The molecule has 1 saturated carbocycles. The van der Waals surface area contributed by atoms with Crippen molar-refractivity contribution in [1.82, 2.24) is 4.72 Å². The van der Waals surface area contributed by atoms with Crippen molar-refractivity contribution in [1.29, 1.82) is 0 Å². The van der Waals surface area contributed by atoms with Gasteiger partial charge in [0.05, 0.1) is 5.75 Å². The Bertz CT molecular complexity index is 444. The Morgan fingerprint density at radius 3 is 2.88 bits per heavy atom. The molecule has 0 bridgehead atoms. The molecule has 5 nitrogen and oxygen atoms in total. The summed E-state index contributed by atoms with van der Waals surface area (Å²) in [6, 6.07) is 0. The highest BCUT2D eigenvalue weighted by atomic mass is 32.2. The van der Waals surface area contributed by atoms with Crippen molar-refractivity contribution in [2.45, 2.75) is 37.6 Å². The molecule has 1 aliphatic heterocycles. The number of nitrogens with two attached hydrogens (primary N) is 1.